The van der Waals surface area contributed by atoms with E-state index in [1.54, 1.807) is 44.3 Å². The summed E-state index contributed by atoms with van der Waals surface area (Å²) in [7, 11) is 0. The number of carbonyl (C=O) groups excluding carboxylic acids is 14. The van der Waals surface area contributed by atoms with Gasteiger partial charge in [0.25, 0.3) is 0 Å². The van der Waals surface area contributed by atoms with Crippen molar-refractivity contribution in [3.8, 4) is 0 Å². The maximum Gasteiger partial charge on any atom is 0.328 e. The van der Waals surface area contributed by atoms with Crippen molar-refractivity contribution in [3.63, 3.8) is 0 Å². The fourth-order valence-corrected chi connectivity index (χ4v) is 10.1. The minimum absolute atomic E-state index is 0.0706. The second-order valence-corrected chi connectivity index (χ2v) is 24.3. The van der Waals surface area contributed by atoms with Crippen LogP contribution in [0.25, 0.3) is 10.9 Å². The minimum Gasteiger partial charge on any atom is -0.481 e. The first-order chi connectivity index (χ1) is 47.6. The van der Waals surface area contributed by atoms with Gasteiger partial charge in [0.05, 0.1) is 52.3 Å². The number of guanidine groups is 1. The van der Waals surface area contributed by atoms with E-state index in [1.807, 2.05) is 24.5 Å². The van der Waals surface area contributed by atoms with Crippen LogP contribution in [0.5, 0.6) is 0 Å². The van der Waals surface area contributed by atoms with Crippen molar-refractivity contribution in [2.75, 3.05) is 59.0 Å². The van der Waals surface area contributed by atoms with Crippen LogP contribution in [0.3, 0.4) is 0 Å². The summed E-state index contributed by atoms with van der Waals surface area (Å²) in [4.78, 5) is 229. The zero-order valence-corrected chi connectivity index (χ0v) is 56.5. The summed E-state index contributed by atoms with van der Waals surface area (Å²) in [6.45, 7) is 3.38. The number of aliphatic imine (C=N–C) groups is 1. The van der Waals surface area contributed by atoms with Crippen molar-refractivity contribution in [2.24, 2.45) is 34.0 Å². The van der Waals surface area contributed by atoms with Gasteiger partial charge in [-0.05, 0) is 75.3 Å². The molecule has 40 heteroatoms. The summed E-state index contributed by atoms with van der Waals surface area (Å²) in [5, 5.41) is 68.3. The molecule has 3 rings (SSSR count). The number of nitrogens with zero attached hydrogens (tertiary/aromatic N) is 2. The fourth-order valence-electron chi connectivity index (χ4n) is 10.1. The highest BCUT2D eigenvalue weighted by molar-refractivity contribution is 5.99. The number of carboxylic acids is 3. The molecule has 1 aromatic heterocycles. The Kier molecular flexibility index (Phi) is 35.6. The number of aromatic nitrogens is 1. The van der Waals surface area contributed by atoms with Gasteiger partial charge in [0.1, 0.15) is 54.4 Å². The Bertz CT molecular complexity index is 3340. The van der Waals surface area contributed by atoms with E-state index in [4.69, 9.17) is 22.3 Å². The molecule has 40 nitrogen and oxygen atoms in total. The van der Waals surface area contributed by atoms with Crippen molar-refractivity contribution in [3.05, 3.63) is 36.0 Å². The van der Waals surface area contributed by atoms with Crippen LogP contribution in [0.4, 0.5) is 0 Å². The second kappa shape index (κ2) is 42.7. The van der Waals surface area contributed by atoms with E-state index in [1.165, 1.54) is 11.8 Å². The summed E-state index contributed by atoms with van der Waals surface area (Å²) in [5.41, 5.74) is 17.5. The number of amides is 14. The van der Waals surface area contributed by atoms with Crippen LogP contribution >= 0.6 is 0 Å². The van der Waals surface area contributed by atoms with Gasteiger partial charge in [-0.15, -0.1) is 0 Å². The molecule has 1 saturated heterocycles. The summed E-state index contributed by atoms with van der Waals surface area (Å²) < 4.78 is 0. The monoisotopic (exact) mass is 1430 g/mol. The number of hydrogen-bond donors (Lipinski definition) is 21. The second-order valence-electron chi connectivity index (χ2n) is 24.3. The minimum atomic E-state index is -1.95. The van der Waals surface area contributed by atoms with Gasteiger partial charge in [-0.2, -0.15) is 0 Å². The Morgan fingerprint density at radius 2 is 1.04 bits per heavy atom. The number of aliphatic hydroxyl groups excluding tert-OH is 1. The van der Waals surface area contributed by atoms with Crippen LogP contribution in [0.1, 0.15) is 98.0 Å². The van der Waals surface area contributed by atoms with Gasteiger partial charge in [0, 0.05) is 43.0 Å². The number of H-pyrrole nitrogens is 1. The number of fused-ring (bicyclic) bond motifs is 1. The SMILES string of the molecule is CC(C)C[C@H](NC(=O)CNC(=O)[C@H](CC(C)C)NC(=O)[C@@H]1CCCN1C(=O)CN)C(=O)N[C@@H](C)C(=O)NCC(=O)NCC(=O)N[C@@H](Cc1c[nH]c2ccccc12)C(=O)NCC(=O)N[C@@H](CCC(=O)O)C(=O)N[C@@H](CCCN=C(N)N)C(=O)N[C@@H](CC(=O)O)C(=O)NCC(=O)N[C@@H](CO)C(=O)O. The number of aromatic amines is 1. The molecule has 0 bridgehead atoms. The Labute approximate surface area is 578 Å². The lowest BCUT2D eigenvalue weighted by molar-refractivity contribution is -0.143. The van der Waals surface area contributed by atoms with Crippen molar-refractivity contribution >= 4 is 117 Å². The lowest BCUT2D eigenvalue weighted by Gasteiger charge is -2.27. The molecule has 0 saturated carbocycles. The van der Waals surface area contributed by atoms with E-state index in [0.29, 0.717) is 35.9 Å². The van der Waals surface area contributed by atoms with E-state index in [-0.39, 0.29) is 63.0 Å². The van der Waals surface area contributed by atoms with Crippen LogP contribution < -0.4 is 86.3 Å². The lowest BCUT2D eigenvalue weighted by atomic mass is 10.0. The third-order valence-electron chi connectivity index (χ3n) is 15.1. The Hall–Kier alpha value is -11.1. The molecule has 2 aromatic rings. The first-order valence-corrected chi connectivity index (χ1v) is 32.3. The molecule has 101 heavy (non-hydrogen) atoms. The van der Waals surface area contributed by atoms with E-state index in [0.717, 1.165) is 0 Å². The molecule has 2 heterocycles. The molecule has 1 aromatic carbocycles. The van der Waals surface area contributed by atoms with E-state index < -0.39 is 214 Å². The van der Waals surface area contributed by atoms with Crippen molar-refractivity contribution in [2.45, 2.75) is 153 Å². The molecular weight excluding hydrogens is 1330 g/mol. The Morgan fingerprint density at radius 3 is 1.58 bits per heavy atom. The predicted molar refractivity (Wildman–Crippen MR) is 355 cm³/mol. The largest absolute Gasteiger partial charge is 0.481 e. The maximum atomic E-state index is 13.9. The first kappa shape index (κ1) is 84.2. The quantitative estimate of drug-likeness (QED) is 0.0166. The number of aliphatic carboxylic acids is 3. The molecule has 9 atom stereocenters. The molecule has 24 N–H and O–H groups in total. The number of aliphatic hydroxyl groups is 1. The smallest absolute Gasteiger partial charge is 0.328 e. The third-order valence-corrected chi connectivity index (χ3v) is 15.1. The van der Waals surface area contributed by atoms with Crippen LogP contribution in [-0.2, 0) is 87.9 Å². The number of nitrogens with two attached hydrogens (primary N) is 3. The van der Waals surface area contributed by atoms with Crippen LogP contribution in [0.15, 0.2) is 35.5 Å². The molecule has 1 aliphatic heterocycles. The van der Waals surface area contributed by atoms with Gasteiger partial charge in [-0.1, -0.05) is 45.9 Å². The number of carboxylic acid groups (broad SMARTS) is 3. The fraction of sp³-hybridized carbons (Fsp3) is 0.574. The standard InChI is InChI=1S/C61H93N19O21/c1-30(2)18-38(79-59(99)43-13-9-17-80(43)49(87)22-62)53(93)69-27-47(85)74-39(19-31(3)4)58(98)72-32(5)52(92)68-24-44(82)67-25-45(83)75-40(20-33-23-66-35-11-7-6-10-34(33)35)54(94)70-26-46(84)73-37(14-15-50(88)89)57(97)77-36(12-8-16-65-61(63)64)56(96)78-41(21-51(90)91)55(95)71-28-48(86)76-42(29-81)60(100)101/h6-7,10-11,23,30-32,36-43,66,81H,8-9,12-22,24-29,62H2,1-5H3,(H,67,82)(H,68,92)(H,69,93)(H,70,94)(H,71,95)(H,72,98)(H,73,84)(H,74,85)(H,75,83)(H,76,86)(H,77,97)(H,78,96)(H,79,99)(H,88,89)(H,90,91)(H,100,101)(H4,63,64,65)/t32-,36-,37-,38-,39-,40-,41-,42-,43-/m0/s1. The van der Waals surface area contributed by atoms with Gasteiger partial charge in [0.2, 0.25) is 82.7 Å². The van der Waals surface area contributed by atoms with E-state index in [9.17, 15) is 96.8 Å². The zero-order chi connectivity index (χ0) is 75.6. The number of nitrogens with one attached hydrogen (secondary N) is 14. The number of para-hydroxylation sites is 1. The Morgan fingerprint density at radius 1 is 0.554 bits per heavy atom. The molecule has 0 radical (unpaired) electrons. The normalized spacial score (nSPS) is 14.8. The van der Waals surface area contributed by atoms with Crippen molar-refractivity contribution < 1.29 is 102 Å². The van der Waals surface area contributed by atoms with Crippen LogP contribution in [-0.4, -0.2) is 250 Å². The van der Waals surface area contributed by atoms with E-state index in [2.05, 4.69) is 68.5 Å². The van der Waals surface area contributed by atoms with Crippen LogP contribution in [0.2, 0.25) is 0 Å². The molecule has 0 unspecified atom stereocenters. The summed E-state index contributed by atoms with van der Waals surface area (Å²) in [6, 6.07) is -6.18. The average molecular weight is 1430 g/mol. The predicted octanol–water partition coefficient (Wildman–Crippen LogP) is -8.30. The van der Waals surface area contributed by atoms with Gasteiger partial charge >= 0.3 is 17.9 Å². The maximum absolute atomic E-state index is 13.9. The summed E-state index contributed by atoms with van der Waals surface area (Å²) in [5.74, 6) is -18.1. The molecule has 0 spiro atoms. The Balaban J connectivity index is 1.67. The van der Waals surface area contributed by atoms with Gasteiger partial charge in [-0.3, -0.25) is 81.7 Å². The molecule has 1 aliphatic rings. The lowest BCUT2D eigenvalue weighted by Crippen LogP contribution is -2.58. The number of carbonyl (C=O) groups is 17. The van der Waals surface area contributed by atoms with Crippen molar-refractivity contribution in [1.29, 1.82) is 0 Å². The molecule has 558 valence electrons. The molecule has 0 aliphatic carbocycles. The van der Waals surface area contributed by atoms with E-state index >= 15 is 0 Å². The topological polar surface area (TPSA) is 637 Å². The molecule has 1 fully saturated rings. The number of hydrogen-bond acceptors (Lipinski definition) is 20. The van der Waals surface area contributed by atoms with Gasteiger partial charge in [-0.25, -0.2) is 4.79 Å². The van der Waals surface area contributed by atoms with Crippen LogP contribution in [0, 0.1) is 11.8 Å². The van der Waals surface area contributed by atoms with Crippen molar-refractivity contribution in [1.82, 2.24) is 79.0 Å². The highest BCUT2D eigenvalue weighted by Crippen LogP contribution is 2.20. The summed E-state index contributed by atoms with van der Waals surface area (Å²) in [6.07, 6.45) is -0.345. The van der Waals surface area contributed by atoms with Gasteiger partial charge < -0.3 is 117 Å². The number of rotatable bonds is 44. The molecular formula is C61H93N19O21. The third kappa shape index (κ3) is 30.7. The van der Waals surface area contributed by atoms with Gasteiger partial charge in [0.15, 0.2) is 5.96 Å². The average Bonchev–Trinajstić information content (AvgIpc) is 1.74. The zero-order valence-electron chi connectivity index (χ0n) is 56.5. The summed E-state index contributed by atoms with van der Waals surface area (Å²) >= 11 is 0. The molecule has 14 amide bonds. The first-order valence-electron chi connectivity index (χ1n) is 32.3. The number of benzene rings is 1. The highest BCUT2D eigenvalue weighted by atomic mass is 16.4. The number of likely N-dealkylation sites (tertiary alicyclic amines) is 1. The highest BCUT2D eigenvalue weighted by Gasteiger charge is 2.37.